The summed E-state index contributed by atoms with van der Waals surface area (Å²) < 4.78 is 15.4. The first-order valence-corrected chi connectivity index (χ1v) is 5.43. The molecule has 0 atom stereocenters. The molecule has 0 N–H and O–H groups in total. The molecule has 2 rings (SSSR count). The van der Waals surface area contributed by atoms with E-state index >= 15 is 0 Å². The lowest BCUT2D eigenvalue weighted by atomic mass is 10.2. The van der Waals surface area contributed by atoms with Gasteiger partial charge in [-0.15, -0.1) is 10.2 Å². The van der Waals surface area contributed by atoms with Crippen molar-refractivity contribution in [2.45, 2.75) is 19.9 Å². The van der Waals surface area contributed by atoms with E-state index in [1.165, 1.54) is 12.1 Å². The Bertz CT molecular complexity index is 496. The molecule has 5 heteroatoms. The number of halogens is 2. The van der Waals surface area contributed by atoms with E-state index in [1.807, 2.05) is 11.5 Å². The zero-order chi connectivity index (χ0) is 11.5. The highest BCUT2D eigenvalue weighted by Crippen LogP contribution is 2.24. The molecule has 1 aromatic heterocycles. The average Bonchev–Trinajstić information content (AvgIpc) is 2.70. The SMILES string of the molecule is CCCn1cnnc1-c1cc(Cl)ccc1F. The maximum absolute atomic E-state index is 13.6. The third kappa shape index (κ3) is 2.07. The topological polar surface area (TPSA) is 30.7 Å². The van der Waals surface area contributed by atoms with Crippen molar-refractivity contribution in [3.63, 3.8) is 0 Å². The lowest BCUT2D eigenvalue weighted by molar-refractivity contribution is 0.624. The van der Waals surface area contributed by atoms with Gasteiger partial charge < -0.3 is 4.57 Å². The van der Waals surface area contributed by atoms with Gasteiger partial charge in [0.05, 0.1) is 5.56 Å². The smallest absolute Gasteiger partial charge is 0.166 e. The van der Waals surface area contributed by atoms with Crippen LogP contribution in [-0.4, -0.2) is 14.8 Å². The van der Waals surface area contributed by atoms with Crippen LogP contribution in [0.5, 0.6) is 0 Å². The van der Waals surface area contributed by atoms with E-state index in [9.17, 15) is 4.39 Å². The molecule has 0 fully saturated rings. The second kappa shape index (κ2) is 4.61. The van der Waals surface area contributed by atoms with Crippen LogP contribution in [-0.2, 0) is 6.54 Å². The van der Waals surface area contributed by atoms with Gasteiger partial charge in [0.15, 0.2) is 5.82 Å². The quantitative estimate of drug-likeness (QED) is 0.824. The fourth-order valence-corrected chi connectivity index (χ4v) is 1.71. The standard InChI is InChI=1S/C11H11ClFN3/c1-2-5-16-7-14-15-11(16)9-6-8(12)3-4-10(9)13/h3-4,6-7H,2,5H2,1H3. The summed E-state index contributed by atoms with van der Waals surface area (Å²) in [7, 11) is 0. The van der Waals surface area contributed by atoms with Gasteiger partial charge in [0.25, 0.3) is 0 Å². The molecular weight excluding hydrogens is 229 g/mol. The van der Waals surface area contributed by atoms with Crippen molar-refractivity contribution in [2.75, 3.05) is 0 Å². The first-order valence-electron chi connectivity index (χ1n) is 5.05. The minimum atomic E-state index is -0.338. The van der Waals surface area contributed by atoms with Crippen LogP contribution in [0.2, 0.25) is 5.02 Å². The normalized spacial score (nSPS) is 10.7. The molecule has 0 aliphatic carbocycles. The Morgan fingerprint density at radius 2 is 2.25 bits per heavy atom. The highest BCUT2D eigenvalue weighted by Gasteiger charge is 2.12. The minimum Gasteiger partial charge on any atom is -0.314 e. The Morgan fingerprint density at radius 1 is 1.44 bits per heavy atom. The third-order valence-electron chi connectivity index (χ3n) is 2.25. The highest BCUT2D eigenvalue weighted by atomic mass is 35.5. The number of nitrogens with zero attached hydrogens (tertiary/aromatic N) is 3. The van der Waals surface area contributed by atoms with Gasteiger partial charge in [0.2, 0.25) is 0 Å². The molecule has 0 saturated carbocycles. The van der Waals surface area contributed by atoms with Crippen molar-refractivity contribution in [3.05, 3.63) is 35.4 Å². The maximum Gasteiger partial charge on any atom is 0.166 e. The summed E-state index contributed by atoms with van der Waals surface area (Å²) in [4.78, 5) is 0. The van der Waals surface area contributed by atoms with E-state index in [0.717, 1.165) is 13.0 Å². The Hall–Kier alpha value is -1.42. The summed E-state index contributed by atoms with van der Waals surface area (Å²) in [5.74, 6) is 0.177. The molecule has 1 heterocycles. The average molecular weight is 240 g/mol. The van der Waals surface area contributed by atoms with E-state index in [0.29, 0.717) is 16.4 Å². The molecule has 0 aliphatic rings. The second-order valence-corrected chi connectivity index (χ2v) is 3.91. The fraction of sp³-hybridized carbons (Fsp3) is 0.273. The number of hydrogen-bond donors (Lipinski definition) is 0. The summed E-state index contributed by atoms with van der Waals surface area (Å²) in [5, 5.41) is 8.20. The van der Waals surface area contributed by atoms with E-state index in [-0.39, 0.29) is 5.82 Å². The number of hydrogen-bond acceptors (Lipinski definition) is 2. The molecule has 84 valence electrons. The van der Waals surface area contributed by atoms with Crippen LogP contribution in [0.1, 0.15) is 13.3 Å². The molecule has 1 aromatic carbocycles. The molecule has 3 nitrogen and oxygen atoms in total. The van der Waals surface area contributed by atoms with Gasteiger partial charge in [-0.3, -0.25) is 0 Å². The summed E-state index contributed by atoms with van der Waals surface area (Å²) in [6.45, 7) is 2.80. The van der Waals surface area contributed by atoms with Crippen molar-refractivity contribution in [1.29, 1.82) is 0 Å². The van der Waals surface area contributed by atoms with Crippen LogP contribution in [0, 0.1) is 5.82 Å². The van der Waals surface area contributed by atoms with Crippen molar-refractivity contribution in [1.82, 2.24) is 14.8 Å². The number of benzene rings is 1. The molecule has 0 unspecified atom stereocenters. The van der Waals surface area contributed by atoms with Crippen LogP contribution < -0.4 is 0 Å². The first kappa shape index (κ1) is 11.1. The van der Waals surface area contributed by atoms with E-state index in [4.69, 9.17) is 11.6 Å². The predicted octanol–water partition coefficient (Wildman–Crippen LogP) is 3.15. The lowest BCUT2D eigenvalue weighted by Crippen LogP contribution is -1.99. The molecule has 16 heavy (non-hydrogen) atoms. The zero-order valence-corrected chi connectivity index (χ0v) is 9.58. The maximum atomic E-state index is 13.6. The van der Waals surface area contributed by atoms with Gasteiger partial charge >= 0.3 is 0 Å². The van der Waals surface area contributed by atoms with E-state index in [1.54, 1.807) is 12.4 Å². The minimum absolute atomic E-state index is 0.338. The zero-order valence-electron chi connectivity index (χ0n) is 8.82. The lowest BCUT2D eigenvalue weighted by Gasteiger charge is -2.06. The first-order chi connectivity index (χ1) is 7.72. The van der Waals surface area contributed by atoms with Gasteiger partial charge in [-0.2, -0.15) is 0 Å². The summed E-state index contributed by atoms with van der Waals surface area (Å²) >= 11 is 5.84. The molecular formula is C11H11ClFN3. The van der Waals surface area contributed by atoms with Crippen LogP contribution in [0.4, 0.5) is 4.39 Å². The number of rotatable bonds is 3. The summed E-state index contributed by atoms with van der Waals surface area (Å²) in [6, 6.07) is 4.41. The Morgan fingerprint density at radius 3 is 3.00 bits per heavy atom. The molecule has 0 spiro atoms. The molecule has 0 aliphatic heterocycles. The van der Waals surface area contributed by atoms with Gasteiger partial charge in [0.1, 0.15) is 12.1 Å². The van der Waals surface area contributed by atoms with Gasteiger partial charge in [0, 0.05) is 11.6 Å². The second-order valence-electron chi connectivity index (χ2n) is 3.47. The van der Waals surface area contributed by atoms with Crippen LogP contribution >= 0.6 is 11.6 Å². The van der Waals surface area contributed by atoms with Crippen LogP contribution in [0.15, 0.2) is 24.5 Å². The summed E-state index contributed by atoms with van der Waals surface area (Å²) in [5.41, 5.74) is 0.387. The Labute approximate surface area is 97.9 Å². The molecule has 0 saturated heterocycles. The fourth-order valence-electron chi connectivity index (χ4n) is 1.54. The van der Waals surface area contributed by atoms with Crippen LogP contribution in [0.25, 0.3) is 11.4 Å². The molecule has 0 radical (unpaired) electrons. The Balaban J connectivity index is 2.49. The van der Waals surface area contributed by atoms with Crippen molar-refractivity contribution >= 4 is 11.6 Å². The highest BCUT2D eigenvalue weighted by molar-refractivity contribution is 6.30. The van der Waals surface area contributed by atoms with Gasteiger partial charge in [-0.25, -0.2) is 4.39 Å². The van der Waals surface area contributed by atoms with Crippen molar-refractivity contribution in [2.24, 2.45) is 0 Å². The molecule has 0 amide bonds. The largest absolute Gasteiger partial charge is 0.314 e. The van der Waals surface area contributed by atoms with Crippen molar-refractivity contribution in [3.8, 4) is 11.4 Å². The molecule has 2 aromatic rings. The predicted molar refractivity (Wildman–Crippen MR) is 60.7 cm³/mol. The van der Waals surface area contributed by atoms with Gasteiger partial charge in [-0.1, -0.05) is 18.5 Å². The van der Waals surface area contributed by atoms with Crippen LogP contribution in [0.3, 0.4) is 0 Å². The number of aryl methyl sites for hydroxylation is 1. The van der Waals surface area contributed by atoms with E-state index in [2.05, 4.69) is 10.2 Å². The van der Waals surface area contributed by atoms with Gasteiger partial charge in [-0.05, 0) is 24.6 Å². The summed E-state index contributed by atoms with van der Waals surface area (Å²) in [6.07, 6.45) is 2.53. The van der Waals surface area contributed by atoms with Crippen molar-refractivity contribution < 1.29 is 4.39 Å². The third-order valence-corrected chi connectivity index (χ3v) is 2.48. The number of aromatic nitrogens is 3. The monoisotopic (exact) mass is 239 g/mol. The van der Waals surface area contributed by atoms with E-state index < -0.39 is 0 Å². The Kier molecular flexibility index (Phi) is 3.19. The molecule has 0 bridgehead atoms.